The maximum Gasteiger partial charge on any atom is 0.205 e. The first-order chi connectivity index (χ1) is 8.61. The SMILES string of the molecule is COc1ccc2ncc(C(=O)C=CN(C)C)n2c1. The van der Waals surface area contributed by atoms with Gasteiger partial charge in [0.25, 0.3) is 0 Å². The number of carbonyl (C=O) groups is 1. The molecule has 2 rings (SSSR count). The fourth-order valence-electron chi connectivity index (χ4n) is 1.57. The monoisotopic (exact) mass is 245 g/mol. The number of fused-ring (bicyclic) bond motifs is 1. The van der Waals surface area contributed by atoms with Gasteiger partial charge in [-0.05, 0) is 12.1 Å². The van der Waals surface area contributed by atoms with Crippen molar-refractivity contribution in [2.75, 3.05) is 21.2 Å². The Balaban J connectivity index is 2.41. The highest BCUT2D eigenvalue weighted by atomic mass is 16.5. The van der Waals surface area contributed by atoms with E-state index in [0.29, 0.717) is 11.4 Å². The summed E-state index contributed by atoms with van der Waals surface area (Å²) in [6.45, 7) is 0. The molecule has 0 N–H and O–H groups in total. The molecule has 0 fully saturated rings. The second-order valence-electron chi connectivity index (χ2n) is 4.08. The number of hydrogen-bond acceptors (Lipinski definition) is 4. The molecule has 0 atom stereocenters. The highest BCUT2D eigenvalue weighted by molar-refractivity contribution is 6.03. The van der Waals surface area contributed by atoms with Gasteiger partial charge in [-0.3, -0.25) is 9.20 Å². The molecule has 0 aliphatic carbocycles. The Bertz CT molecular complexity index is 599. The third kappa shape index (κ3) is 2.34. The largest absolute Gasteiger partial charge is 0.495 e. The van der Waals surface area contributed by atoms with E-state index < -0.39 is 0 Å². The lowest BCUT2D eigenvalue weighted by Gasteiger charge is -2.04. The summed E-state index contributed by atoms with van der Waals surface area (Å²) in [5.74, 6) is 0.593. The summed E-state index contributed by atoms with van der Waals surface area (Å²) in [7, 11) is 5.31. The predicted octanol–water partition coefficient (Wildman–Crippen LogP) is 1.60. The van der Waals surface area contributed by atoms with Crippen LogP contribution in [0.5, 0.6) is 5.75 Å². The first-order valence-electron chi connectivity index (χ1n) is 5.52. The summed E-state index contributed by atoms with van der Waals surface area (Å²) in [6, 6.07) is 3.62. The van der Waals surface area contributed by atoms with Gasteiger partial charge in [-0.25, -0.2) is 4.98 Å². The highest BCUT2D eigenvalue weighted by Gasteiger charge is 2.09. The molecule has 0 unspecified atom stereocenters. The van der Waals surface area contributed by atoms with Gasteiger partial charge in [-0.2, -0.15) is 0 Å². The van der Waals surface area contributed by atoms with Crippen LogP contribution in [0.25, 0.3) is 5.65 Å². The van der Waals surface area contributed by atoms with E-state index in [9.17, 15) is 4.79 Å². The predicted molar refractivity (Wildman–Crippen MR) is 68.9 cm³/mol. The quantitative estimate of drug-likeness (QED) is 0.606. The van der Waals surface area contributed by atoms with Crippen LogP contribution in [-0.4, -0.2) is 41.3 Å². The van der Waals surface area contributed by atoms with Gasteiger partial charge in [-0.15, -0.1) is 0 Å². The van der Waals surface area contributed by atoms with E-state index in [2.05, 4.69) is 4.98 Å². The lowest BCUT2D eigenvalue weighted by atomic mass is 10.3. The van der Waals surface area contributed by atoms with Crippen LogP contribution in [-0.2, 0) is 0 Å². The third-order valence-corrected chi connectivity index (χ3v) is 2.49. The molecule has 5 nitrogen and oxygen atoms in total. The fraction of sp³-hybridized carbons (Fsp3) is 0.231. The lowest BCUT2D eigenvalue weighted by molar-refractivity contribution is 0.104. The molecule has 0 saturated heterocycles. The van der Waals surface area contributed by atoms with Crippen molar-refractivity contribution in [2.45, 2.75) is 0 Å². The normalized spacial score (nSPS) is 11.1. The maximum atomic E-state index is 12.0. The van der Waals surface area contributed by atoms with Crippen LogP contribution in [0.2, 0.25) is 0 Å². The minimum atomic E-state index is -0.0931. The topological polar surface area (TPSA) is 46.8 Å². The van der Waals surface area contributed by atoms with Gasteiger partial charge >= 0.3 is 0 Å². The number of ether oxygens (including phenoxy) is 1. The van der Waals surface area contributed by atoms with Gasteiger partial charge in [-0.1, -0.05) is 0 Å². The molecule has 2 aromatic rings. The van der Waals surface area contributed by atoms with E-state index in [1.165, 1.54) is 6.08 Å². The fourth-order valence-corrected chi connectivity index (χ4v) is 1.57. The second-order valence-corrected chi connectivity index (χ2v) is 4.08. The Morgan fingerprint density at radius 3 is 2.89 bits per heavy atom. The zero-order valence-electron chi connectivity index (χ0n) is 10.6. The van der Waals surface area contributed by atoms with Crippen molar-refractivity contribution < 1.29 is 9.53 Å². The second kappa shape index (κ2) is 4.91. The van der Waals surface area contributed by atoms with Crippen LogP contribution in [0.15, 0.2) is 36.8 Å². The lowest BCUT2D eigenvalue weighted by Crippen LogP contribution is -2.05. The van der Waals surface area contributed by atoms with Crippen LogP contribution in [0, 0.1) is 0 Å². The van der Waals surface area contributed by atoms with Crippen LogP contribution in [0.1, 0.15) is 10.5 Å². The minimum Gasteiger partial charge on any atom is -0.495 e. The zero-order chi connectivity index (χ0) is 13.1. The first kappa shape index (κ1) is 12.2. The van der Waals surface area contributed by atoms with Crippen molar-refractivity contribution in [3.05, 3.63) is 42.5 Å². The Hall–Kier alpha value is -2.30. The van der Waals surface area contributed by atoms with E-state index in [1.807, 2.05) is 31.1 Å². The highest BCUT2D eigenvalue weighted by Crippen LogP contribution is 2.14. The van der Waals surface area contributed by atoms with Crippen LogP contribution < -0.4 is 4.74 Å². The van der Waals surface area contributed by atoms with E-state index in [0.717, 1.165) is 5.65 Å². The number of rotatable bonds is 4. The molecule has 0 aliphatic heterocycles. The summed E-state index contributed by atoms with van der Waals surface area (Å²) in [4.78, 5) is 18.0. The Morgan fingerprint density at radius 2 is 2.22 bits per heavy atom. The number of ketones is 1. The molecule has 0 radical (unpaired) electrons. The van der Waals surface area contributed by atoms with Gasteiger partial charge in [0.05, 0.1) is 19.5 Å². The summed E-state index contributed by atoms with van der Waals surface area (Å²) < 4.78 is 6.86. The molecule has 18 heavy (non-hydrogen) atoms. The minimum absolute atomic E-state index is 0.0931. The van der Waals surface area contributed by atoms with Gasteiger partial charge in [0, 0.05) is 26.4 Å². The van der Waals surface area contributed by atoms with Crippen molar-refractivity contribution >= 4 is 11.4 Å². The van der Waals surface area contributed by atoms with Crippen LogP contribution in [0.4, 0.5) is 0 Å². The smallest absolute Gasteiger partial charge is 0.205 e. The van der Waals surface area contributed by atoms with E-state index >= 15 is 0 Å². The molecule has 0 spiro atoms. The maximum absolute atomic E-state index is 12.0. The summed E-state index contributed by atoms with van der Waals surface area (Å²) in [6.07, 6.45) is 6.54. The average molecular weight is 245 g/mol. The molecular weight excluding hydrogens is 230 g/mol. The van der Waals surface area contributed by atoms with Crippen molar-refractivity contribution in [1.82, 2.24) is 14.3 Å². The van der Waals surface area contributed by atoms with Gasteiger partial charge < -0.3 is 9.64 Å². The first-order valence-corrected chi connectivity index (χ1v) is 5.52. The Morgan fingerprint density at radius 1 is 1.44 bits per heavy atom. The summed E-state index contributed by atoms with van der Waals surface area (Å²) in [5.41, 5.74) is 1.24. The van der Waals surface area contributed by atoms with Gasteiger partial charge in [0.1, 0.15) is 17.1 Å². The number of nitrogens with zero attached hydrogens (tertiary/aromatic N) is 3. The van der Waals surface area contributed by atoms with Crippen molar-refractivity contribution in [1.29, 1.82) is 0 Å². The number of allylic oxidation sites excluding steroid dienone is 1. The van der Waals surface area contributed by atoms with E-state index in [1.54, 1.807) is 30.1 Å². The van der Waals surface area contributed by atoms with Crippen LogP contribution >= 0.6 is 0 Å². The van der Waals surface area contributed by atoms with Gasteiger partial charge in [0.2, 0.25) is 5.78 Å². The number of imidazole rings is 1. The molecule has 5 heteroatoms. The third-order valence-electron chi connectivity index (χ3n) is 2.49. The standard InChI is InChI=1S/C13H15N3O2/c1-15(2)7-6-12(17)11-8-14-13-5-4-10(18-3)9-16(11)13/h4-9H,1-3H3. The average Bonchev–Trinajstić information content (AvgIpc) is 2.78. The van der Waals surface area contributed by atoms with Crippen LogP contribution in [0.3, 0.4) is 0 Å². The number of aromatic nitrogens is 2. The molecule has 2 heterocycles. The molecule has 94 valence electrons. The summed E-state index contributed by atoms with van der Waals surface area (Å²) >= 11 is 0. The zero-order valence-corrected chi connectivity index (χ0v) is 10.6. The number of pyridine rings is 1. The van der Waals surface area contributed by atoms with Crippen molar-refractivity contribution in [3.8, 4) is 5.75 Å². The molecular formula is C13H15N3O2. The van der Waals surface area contributed by atoms with Crippen molar-refractivity contribution in [3.63, 3.8) is 0 Å². The molecule has 0 aromatic carbocycles. The Labute approximate surface area is 105 Å². The number of methoxy groups -OCH3 is 1. The molecule has 0 bridgehead atoms. The Kier molecular flexibility index (Phi) is 3.32. The van der Waals surface area contributed by atoms with Crippen molar-refractivity contribution in [2.24, 2.45) is 0 Å². The molecule has 0 amide bonds. The number of hydrogen-bond donors (Lipinski definition) is 0. The molecule has 0 aliphatic rings. The number of carbonyl (C=O) groups excluding carboxylic acids is 1. The van der Waals surface area contributed by atoms with E-state index in [-0.39, 0.29) is 5.78 Å². The van der Waals surface area contributed by atoms with E-state index in [4.69, 9.17) is 4.74 Å². The van der Waals surface area contributed by atoms with Gasteiger partial charge in [0.15, 0.2) is 0 Å². The molecule has 0 saturated carbocycles. The molecule has 2 aromatic heterocycles. The summed E-state index contributed by atoms with van der Waals surface area (Å²) in [5, 5.41) is 0.